The highest BCUT2D eigenvalue weighted by Gasteiger charge is 2.65. The van der Waals surface area contributed by atoms with Crippen molar-refractivity contribution in [2.24, 2.45) is 29.6 Å². The maximum Gasteiger partial charge on any atom is 0.257 e. The van der Waals surface area contributed by atoms with Gasteiger partial charge in [0, 0.05) is 5.92 Å². The lowest BCUT2D eigenvalue weighted by Gasteiger charge is -2.38. The third-order valence-electron chi connectivity index (χ3n) is 8.40. The minimum Gasteiger partial charge on any atom is -0.493 e. The van der Waals surface area contributed by atoms with E-state index in [1.807, 2.05) is 12.1 Å². The second-order valence-electron chi connectivity index (χ2n) is 10.1. The molecule has 2 atom stereocenters. The van der Waals surface area contributed by atoms with Gasteiger partial charge in [0.15, 0.2) is 0 Å². The summed E-state index contributed by atoms with van der Waals surface area (Å²) in [7, 11) is 0. The maximum atomic E-state index is 13.3. The van der Waals surface area contributed by atoms with E-state index in [1.54, 1.807) is 6.92 Å². The Morgan fingerprint density at radius 2 is 1.45 bits per heavy atom. The smallest absolute Gasteiger partial charge is 0.257 e. The molecule has 0 aromatic heterocycles. The fourth-order valence-electron chi connectivity index (χ4n) is 6.12. The van der Waals surface area contributed by atoms with Crippen LogP contribution in [0.3, 0.4) is 0 Å². The second kappa shape index (κ2) is 8.94. The van der Waals surface area contributed by atoms with Gasteiger partial charge < -0.3 is 4.74 Å². The molecule has 162 valence electrons. The van der Waals surface area contributed by atoms with Crippen molar-refractivity contribution < 1.29 is 13.5 Å². The van der Waals surface area contributed by atoms with E-state index in [1.165, 1.54) is 69.8 Å². The fraction of sp³-hybridized carbons (Fsp3) is 0.769. The van der Waals surface area contributed by atoms with Gasteiger partial charge in [-0.25, -0.2) is 8.78 Å². The largest absolute Gasteiger partial charge is 0.493 e. The topological polar surface area (TPSA) is 9.23 Å². The van der Waals surface area contributed by atoms with E-state index in [-0.39, 0.29) is 6.61 Å². The summed E-state index contributed by atoms with van der Waals surface area (Å²) < 4.78 is 32.3. The van der Waals surface area contributed by atoms with Crippen molar-refractivity contribution in [1.29, 1.82) is 0 Å². The molecule has 1 nitrogen and oxygen atoms in total. The van der Waals surface area contributed by atoms with E-state index < -0.39 is 17.8 Å². The highest BCUT2D eigenvalue weighted by atomic mass is 19.3. The van der Waals surface area contributed by atoms with Crippen molar-refractivity contribution in [2.45, 2.75) is 89.9 Å². The van der Waals surface area contributed by atoms with Crippen LogP contribution in [0.5, 0.6) is 5.75 Å². The molecule has 3 aliphatic carbocycles. The lowest BCUT2D eigenvalue weighted by molar-refractivity contribution is 0.0765. The number of rotatable bonds is 7. The molecule has 1 aromatic carbocycles. The van der Waals surface area contributed by atoms with Gasteiger partial charge in [0.25, 0.3) is 5.92 Å². The summed E-state index contributed by atoms with van der Waals surface area (Å²) in [6.45, 7) is 4.04. The molecule has 4 rings (SSSR count). The average Bonchev–Trinajstić information content (AvgIpc) is 3.23. The minimum atomic E-state index is -2.53. The zero-order chi connectivity index (χ0) is 20.4. The standard InChI is InChI=1S/C26H38F2O/c1-3-4-19-5-7-20(8-6-19)21-9-11-22(12-10-21)23-13-15-24(16-14-23)29-17-25-18(2)26(25,27)28/h13-16,18-22,25H,3-12,17H2,1-2H3. The Labute approximate surface area is 175 Å². The Hall–Kier alpha value is -1.12. The Balaban J connectivity index is 1.21. The molecule has 0 amide bonds. The Bertz CT molecular complexity index is 639. The van der Waals surface area contributed by atoms with Crippen molar-refractivity contribution in [1.82, 2.24) is 0 Å². The van der Waals surface area contributed by atoms with Gasteiger partial charge in [-0.2, -0.15) is 0 Å². The molecule has 2 unspecified atom stereocenters. The first-order valence-electron chi connectivity index (χ1n) is 12.1. The van der Waals surface area contributed by atoms with Crippen LogP contribution >= 0.6 is 0 Å². The first kappa shape index (κ1) is 21.1. The van der Waals surface area contributed by atoms with E-state index in [9.17, 15) is 8.78 Å². The lowest BCUT2D eigenvalue weighted by Crippen LogP contribution is -2.25. The van der Waals surface area contributed by atoms with Crippen LogP contribution in [-0.4, -0.2) is 12.5 Å². The van der Waals surface area contributed by atoms with E-state index in [0.717, 1.165) is 23.5 Å². The van der Waals surface area contributed by atoms with Crippen LogP contribution in [0, 0.1) is 29.6 Å². The molecule has 29 heavy (non-hydrogen) atoms. The SMILES string of the molecule is CCCC1CCC(C2CCC(c3ccc(OCC4C(C)C4(F)F)cc3)CC2)CC1. The third-order valence-corrected chi connectivity index (χ3v) is 8.40. The molecule has 3 aliphatic rings. The van der Waals surface area contributed by atoms with E-state index in [0.29, 0.717) is 5.92 Å². The van der Waals surface area contributed by atoms with Crippen molar-refractivity contribution in [2.75, 3.05) is 6.61 Å². The quantitative estimate of drug-likeness (QED) is 0.449. The van der Waals surface area contributed by atoms with Crippen molar-refractivity contribution >= 4 is 0 Å². The van der Waals surface area contributed by atoms with Gasteiger partial charge in [0.2, 0.25) is 0 Å². The van der Waals surface area contributed by atoms with E-state index in [2.05, 4.69) is 19.1 Å². The van der Waals surface area contributed by atoms with Crippen LogP contribution < -0.4 is 4.74 Å². The number of ether oxygens (including phenoxy) is 1. The number of benzene rings is 1. The van der Waals surface area contributed by atoms with Crippen LogP contribution in [0.25, 0.3) is 0 Å². The fourth-order valence-corrected chi connectivity index (χ4v) is 6.12. The van der Waals surface area contributed by atoms with Gasteiger partial charge in [-0.1, -0.05) is 51.7 Å². The summed E-state index contributed by atoms with van der Waals surface area (Å²) in [5, 5.41) is 0. The van der Waals surface area contributed by atoms with Crippen LogP contribution in [0.4, 0.5) is 8.78 Å². The molecule has 3 fully saturated rings. The molecule has 0 N–H and O–H groups in total. The molecule has 0 aliphatic heterocycles. The summed E-state index contributed by atoms with van der Waals surface area (Å²) in [5.41, 5.74) is 1.40. The molecule has 0 heterocycles. The third kappa shape index (κ3) is 4.80. The van der Waals surface area contributed by atoms with Gasteiger partial charge in [-0.05, 0) is 79.9 Å². The summed E-state index contributed by atoms with van der Waals surface area (Å²) >= 11 is 0. The Morgan fingerprint density at radius 3 is 1.97 bits per heavy atom. The van der Waals surface area contributed by atoms with Crippen LogP contribution in [0.15, 0.2) is 24.3 Å². The number of alkyl halides is 2. The van der Waals surface area contributed by atoms with Gasteiger partial charge in [-0.3, -0.25) is 0 Å². The number of hydrogen-bond acceptors (Lipinski definition) is 1. The molecular weight excluding hydrogens is 366 g/mol. The molecule has 3 heteroatoms. The minimum absolute atomic E-state index is 0.124. The van der Waals surface area contributed by atoms with Gasteiger partial charge in [-0.15, -0.1) is 0 Å². The molecule has 0 bridgehead atoms. The highest BCUT2D eigenvalue weighted by Crippen LogP contribution is 2.54. The number of hydrogen-bond donors (Lipinski definition) is 0. The average molecular weight is 405 g/mol. The summed E-state index contributed by atoms with van der Waals surface area (Å²) in [4.78, 5) is 0. The Morgan fingerprint density at radius 1 is 0.897 bits per heavy atom. The van der Waals surface area contributed by atoms with Crippen LogP contribution in [0.1, 0.15) is 89.5 Å². The molecule has 1 aromatic rings. The summed E-state index contributed by atoms with van der Waals surface area (Å²) in [6.07, 6.45) is 14.0. The first-order chi connectivity index (χ1) is 14.0. The Kier molecular flexibility index (Phi) is 6.51. The van der Waals surface area contributed by atoms with Gasteiger partial charge in [0.05, 0.1) is 12.5 Å². The molecular formula is C26H38F2O. The molecule has 0 saturated heterocycles. The van der Waals surface area contributed by atoms with Gasteiger partial charge in [0.1, 0.15) is 5.75 Å². The molecule has 0 radical (unpaired) electrons. The summed E-state index contributed by atoms with van der Waals surface area (Å²) in [5.74, 6) is 0.608. The zero-order valence-corrected chi connectivity index (χ0v) is 18.2. The monoisotopic (exact) mass is 404 g/mol. The molecule has 0 spiro atoms. The first-order valence-corrected chi connectivity index (χ1v) is 12.1. The number of halogens is 2. The highest BCUT2D eigenvalue weighted by molar-refractivity contribution is 5.30. The molecule has 3 saturated carbocycles. The van der Waals surface area contributed by atoms with E-state index >= 15 is 0 Å². The van der Waals surface area contributed by atoms with Crippen LogP contribution in [0.2, 0.25) is 0 Å². The zero-order valence-electron chi connectivity index (χ0n) is 18.2. The van der Waals surface area contributed by atoms with Gasteiger partial charge >= 0.3 is 0 Å². The predicted molar refractivity (Wildman–Crippen MR) is 115 cm³/mol. The normalized spacial score (nSPS) is 36.6. The second-order valence-corrected chi connectivity index (χ2v) is 10.1. The predicted octanol–water partition coefficient (Wildman–Crippen LogP) is 7.85. The van der Waals surface area contributed by atoms with Crippen molar-refractivity contribution in [3.8, 4) is 5.75 Å². The maximum absolute atomic E-state index is 13.3. The van der Waals surface area contributed by atoms with Crippen molar-refractivity contribution in [3.05, 3.63) is 29.8 Å². The summed E-state index contributed by atoms with van der Waals surface area (Å²) in [6, 6.07) is 8.26. The van der Waals surface area contributed by atoms with E-state index in [4.69, 9.17) is 4.74 Å². The van der Waals surface area contributed by atoms with Crippen LogP contribution in [-0.2, 0) is 0 Å². The lowest BCUT2D eigenvalue weighted by atomic mass is 9.68. The van der Waals surface area contributed by atoms with Crippen molar-refractivity contribution in [3.63, 3.8) is 0 Å².